The van der Waals surface area contributed by atoms with Crippen LogP contribution in [0.1, 0.15) is 38.7 Å². The van der Waals surface area contributed by atoms with E-state index >= 15 is 0 Å². The summed E-state index contributed by atoms with van der Waals surface area (Å²) in [5.74, 6) is -0.908. The molecule has 0 saturated heterocycles. The molecule has 1 atom stereocenters. The zero-order valence-corrected chi connectivity index (χ0v) is 14.7. The van der Waals surface area contributed by atoms with Gasteiger partial charge in [0.25, 0.3) is 0 Å². The van der Waals surface area contributed by atoms with Crippen molar-refractivity contribution < 1.29 is 23.8 Å². The lowest BCUT2D eigenvalue weighted by atomic mass is 9.99. The van der Waals surface area contributed by atoms with Gasteiger partial charge in [0.15, 0.2) is 11.6 Å². The normalized spacial score (nSPS) is 12.7. The predicted octanol–water partition coefficient (Wildman–Crippen LogP) is 4.90. The third-order valence-electron chi connectivity index (χ3n) is 3.92. The number of hydrogen-bond acceptors (Lipinski definition) is 4. The quantitative estimate of drug-likeness (QED) is 0.727. The lowest BCUT2D eigenvalue weighted by Gasteiger charge is -2.26. The van der Waals surface area contributed by atoms with Gasteiger partial charge in [0, 0.05) is 0 Å². The van der Waals surface area contributed by atoms with E-state index in [-0.39, 0.29) is 11.3 Å². The van der Waals surface area contributed by atoms with Crippen LogP contribution in [0.2, 0.25) is 0 Å². The summed E-state index contributed by atoms with van der Waals surface area (Å²) in [7, 11) is 0. The van der Waals surface area contributed by atoms with Crippen LogP contribution >= 0.6 is 0 Å². The number of benzene rings is 2. The monoisotopic (exact) mass is 357 g/mol. The average Bonchev–Trinajstić information content (AvgIpc) is 2.63. The van der Waals surface area contributed by atoms with E-state index in [1.807, 2.05) is 13.0 Å². The second kappa shape index (κ2) is 8.34. The number of nitriles is 1. The zero-order chi connectivity index (χ0) is 19.2. The van der Waals surface area contributed by atoms with E-state index in [0.29, 0.717) is 17.9 Å². The van der Waals surface area contributed by atoms with Gasteiger partial charge in [-0.2, -0.15) is 5.26 Å². The lowest BCUT2D eigenvalue weighted by molar-refractivity contribution is -0.154. The van der Waals surface area contributed by atoms with E-state index in [0.717, 1.165) is 18.9 Å². The minimum Gasteiger partial charge on any atom is -0.478 e. The van der Waals surface area contributed by atoms with Crippen LogP contribution in [-0.2, 0) is 4.79 Å². The number of hydrogen-bond donors (Lipinski definition) is 1. The van der Waals surface area contributed by atoms with Crippen molar-refractivity contribution in [1.82, 2.24) is 0 Å². The third kappa shape index (κ3) is 4.73. The molecule has 2 aromatic rings. The predicted molar refractivity (Wildman–Crippen MR) is 93.8 cm³/mol. The minimum absolute atomic E-state index is 0.00371. The fourth-order valence-electron chi connectivity index (χ4n) is 2.33. The van der Waals surface area contributed by atoms with Crippen molar-refractivity contribution in [2.75, 3.05) is 0 Å². The molecule has 0 amide bonds. The number of carbonyl (C=O) groups is 1. The molecule has 1 N–H and O–H groups in total. The molecule has 26 heavy (non-hydrogen) atoms. The molecule has 0 saturated carbocycles. The van der Waals surface area contributed by atoms with Crippen molar-refractivity contribution in [3.63, 3.8) is 0 Å². The van der Waals surface area contributed by atoms with E-state index in [1.165, 1.54) is 12.1 Å². The highest BCUT2D eigenvalue weighted by Crippen LogP contribution is 2.29. The molecule has 0 aromatic heterocycles. The van der Waals surface area contributed by atoms with Crippen LogP contribution in [0.15, 0.2) is 42.5 Å². The zero-order valence-electron chi connectivity index (χ0n) is 14.7. The first-order valence-electron chi connectivity index (χ1n) is 8.28. The molecule has 0 radical (unpaired) electrons. The van der Waals surface area contributed by atoms with Crippen molar-refractivity contribution in [3.8, 4) is 23.3 Å². The fraction of sp³-hybridized carbons (Fsp3) is 0.300. The van der Waals surface area contributed by atoms with Gasteiger partial charge in [0.05, 0.1) is 11.6 Å². The summed E-state index contributed by atoms with van der Waals surface area (Å²) < 4.78 is 25.0. The molecule has 0 aliphatic carbocycles. The molecule has 2 rings (SSSR count). The number of carboxylic acids is 1. The molecule has 136 valence electrons. The van der Waals surface area contributed by atoms with Gasteiger partial charge in [-0.25, -0.2) is 9.18 Å². The summed E-state index contributed by atoms with van der Waals surface area (Å²) in [5, 5.41) is 18.2. The Morgan fingerprint density at radius 1 is 1.23 bits per heavy atom. The summed E-state index contributed by atoms with van der Waals surface area (Å²) in [6.07, 6.45) is 2.00. The van der Waals surface area contributed by atoms with Crippen LogP contribution in [0.3, 0.4) is 0 Å². The molecular weight excluding hydrogens is 337 g/mol. The Hall–Kier alpha value is -3.07. The van der Waals surface area contributed by atoms with Crippen LogP contribution in [0.5, 0.6) is 17.2 Å². The van der Waals surface area contributed by atoms with Crippen LogP contribution in [0.25, 0.3) is 0 Å². The lowest BCUT2D eigenvalue weighted by Crippen LogP contribution is -2.41. The van der Waals surface area contributed by atoms with Crippen LogP contribution in [0, 0.1) is 17.1 Å². The number of unbranched alkanes of at least 4 members (excludes halogenated alkanes) is 1. The number of nitrogens with zero attached hydrogens (tertiary/aromatic N) is 1. The molecule has 0 aliphatic heterocycles. The largest absolute Gasteiger partial charge is 0.478 e. The first-order valence-corrected chi connectivity index (χ1v) is 8.28. The van der Waals surface area contributed by atoms with Gasteiger partial charge >= 0.3 is 5.97 Å². The number of halogens is 1. The van der Waals surface area contributed by atoms with Crippen molar-refractivity contribution in [1.29, 1.82) is 5.26 Å². The Kier molecular flexibility index (Phi) is 6.18. The Bertz CT molecular complexity index is 814. The molecule has 0 fully saturated rings. The third-order valence-corrected chi connectivity index (χ3v) is 3.92. The first-order chi connectivity index (χ1) is 12.4. The Balaban J connectivity index is 2.10. The van der Waals surface area contributed by atoms with E-state index in [2.05, 4.69) is 0 Å². The van der Waals surface area contributed by atoms with Gasteiger partial charge < -0.3 is 14.6 Å². The molecule has 0 bridgehead atoms. The van der Waals surface area contributed by atoms with Crippen molar-refractivity contribution in [2.24, 2.45) is 0 Å². The number of ether oxygens (including phenoxy) is 2. The number of rotatable bonds is 8. The fourth-order valence-corrected chi connectivity index (χ4v) is 2.33. The topological polar surface area (TPSA) is 79.5 Å². The summed E-state index contributed by atoms with van der Waals surface area (Å²) >= 11 is 0. The molecule has 6 heteroatoms. The Labute approximate surface area is 151 Å². The molecule has 2 aromatic carbocycles. The summed E-state index contributed by atoms with van der Waals surface area (Å²) in [6.45, 7) is 3.53. The van der Waals surface area contributed by atoms with E-state index in [4.69, 9.17) is 14.7 Å². The highest BCUT2D eigenvalue weighted by atomic mass is 19.1. The van der Waals surface area contributed by atoms with Crippen molar-refractivity contribution >= 4 is 5.97 Å². The van der Waals surface area contributed by atoms with E-state index in [9.17, 15) is 14.3 Å². The molecule has 1 unspecified atom stereocenters. The number of carboxylic acid groups (broad SMARTS) is 1. The molecule has 0 heterocycles. The molecule has 0 aliphatic rings. The van der Waals surface area contributed by atoms with Crippen LogP contribution in [0.4, 0.5) is 4.39 Å². The van der Waals surface area contributed by atoms with Crippen LogP contribution in [-0.4, -0.2) is 16.7 Å². The SMILES string of the molecule is CCCCC(C)(Oc1ccc(Oc2ccc(C#N)cc2F)cc1)C(=O)O. The smallest absolute Gasteiger partial charge is 0.347 e. The standard InChI is InChI=1S/C20H20FNO4/c1-3-4-11-20(2,19(23)24)26-16-8-6-15(7-9-16)25-18-10-5-14(13-22)12-17(18)21/h5-10,12H,3-4,11H2,1-2H3,(H,23,24). The van der Waals surface area contributed by atoms with Gasteiger partial charge in [0.1, 0.15) is 11.5 Å². The van der Waals surface area contributed by atoms with Gasteiger partial charge in [0.2, 0.25) is 5.60 Å². The highest BCUT2D eigenvalue weighted by molar-refractivity contribution is 5.77. The Morgan fingerprint density at radius 3 is 2.42 bits per heavy atom. The summed E-state index contributed by atoms with van der Waals surface area (Å²) in [6, 6.07) is 12.1. The molecule has 5 nitrogen and oxygen atoms in total. The maximum atomic E-state index is 13.9. The molecular formula is C20H20FNO4. The first kappa shape index (κ1) is 19.3. The number of aliphatic carboxylic acids is 1. The minimum atomic E-state index is -1.31. The van der Waals surface area contributed by atoms with E-state index < -0.39 is 17.4 Å². The van der Waals surface area contributed by atoms with E-state index in [1.54, 1.807) is 31.2 Å². The highest BCUT2D eigenvalue weighted by Gasteiger charge is 2.34. The second-order valence-electron chi connectivity index (χ2n) is 6.07. The summed E-state index contributed by atoms with van der Waals surface area (Å²) in [5.41, 5.74) is -1.10. The van der Waals surface area contributed by atoms with Gasteiger partial charge in [-0.15, -0.1) is 0 Å². The molecule has 0 spiro atoms. The second-order valence-corrected chi connectivity index (χ2v) is 6.07. The maximum absolute atomic E-state index is 13.9. The Morgan fingerprint density at radius 2 is 1.88 bits per heavy atom. The van der Waals surface area contributed by atoms with Gasteiger partial charge in [-0.1, -0.05) is 13.3 Å². The van der Waals surface area contributed by atoms with Gasteiger partial charge in [-0.3, -0.25) is 0 Å². The summed E-state index contributed by atoms with van der Waals surface area (Å²) in [4.78, 5) is 11.5. The maximum Gasteiger partial charge on any atom is 0.347 e. The van der Waals surface area contributed by atoms with Gasteiger partial charge in [-0.05, 0) is 62.2 Å². The average molecular weight is 357 g/mol. The van der Waals surface area contributed by atoms with Crippen LogP contribution < -0.4 is 9.47 Å². The van der Waals surface area contributed by atoms with Crippen molar-refractivity contribution in [3.05, 3.63) is 53.8 Å². The van der Waals surface area contributed by atoms with Crippen molar-refractivity contribution in [2.45, 2.75) is 38.7 Å².